The van der Waals surface area contributed by atoms with Crippen LogP contribution in [0.1, 0.15) is 18.6 Å². The van der Waals surface area contributed by atoms with E-state index in [1.807, 2.05) is 12.1 Å². The molecule has 0 saturated carbocycles. The van der Waals surface area contributed by atoms with Gasteiger partial charge in [-0.05, 0) is 25.0 Å². The van der Waals surface area contributed by atoms with Crippen molar-refractivity contribution in [2.75, 3.05) is 6.61 Å². The van der Waals surface area contributed by atoms with Crippen LogP contribution in [-0.4, -0.2) is 23.9 Å². The van der Waals surface area contributed by atoms with Gasteiger partial charge in [0.15, 0.2) is 0 Å². The van der Waals surface area contributed by atoms with E-state index in [-0.39, 0.29) is 6.10 Å². The lowest BCUT2D eigenvalue weighted by Gasteiger charge is -2.15. The Kier molecular flexibility index (Phi) is 2.66. The zero-order valence-electron chi connectivity index (χ0n) is 7.48. The molecule has 2 unspecified atom stereocenters. The van der Waals surface area contributed by atoms with Crippen LogP contribution in [0.5, 0.6) is 0 Å². The number of furan rings is 1. The van der Waals surface area contributed by atoms with Crippen molar-refractivity contribution in [2.45, 2.75) is 31.5 Å². The summed E-state index contributed by atoms with van der Waals surface area (Å²) in [5.74, 6) is 0.822. The first-order valence-electron chi connectivity index (χ1n) is 4.68. The van der Waals surface area contributed by atoms with Gasteiger partial charge in [-0.25, -0.2) is 0 Å². The lowest BCUT2D eigenvalue weighted by molar-refractivity contribution is -0.00300. The molecule has 1 fully saturated rings. The van der Waals surface area contributed by atoms with Crippen LogP contribution in [0.25, 0.3) is 0 Å². The lowest BCUT2D eigenvalue weighted by atomic mass is 10.1. The summed E-state index contributed by atoms with van der Waals surface area (Å²) in [6.45, 7) is 0.778. The highest BCUT2D eigenvalue weighted by Crippen LogP contribution is 2.18. The maximum atomic E-state index is 9.74. The Bertz CT molecular complexity index is 237. The van der Waals surface area contributed by atoms with E-state index in [2.05, 4.69) is 0 Å². The molecule has 1 aromatic heterocycles. The van der Waals surface area contributed by atoms with E-state index in [1.165, 1.54) is 0 Å². The molecule has 0 aliphatic carbocycles. The van der Waals surface area contributed by atoms with Gasteiger partial charge in [0.05, 0.1) is 18.5 Å². The van der Waals surface area contributed by atoms with Crippen molar-refractivity contribution in [1.82, 2.24) is 0 Å². The Balaban J connectivity index is 1.87. The van der Waals surface area contributed by atoms with E-state index in [1.54, 1.807) is 6.26 Å². The molecule has 0 bridgehead atoms. The molecule has 2 atom stereocenters. The fourth-order valence-corrected chi connectivity index (χ4v) is 1.67. The van der Waals surface area contributed by atoms with Gasteiger partial charge in [-0.15, -0.1) is 0 Å². The van der Waals surface area contributed by atoms with Crippen molar-refractivity contribution < 1.29 is 14.3 Å². The number of aliphatic hydroxyl groups is 1. The van der Waals surface area contributed by atoms with Crippen LogP contribution in [0.3, 0.4) is 0 Å². The molecular formula is C10H14O3. The van der Waals surface area contributed by atoms with Crippen LogP contribution in [0.2, 0.25) is 0 Å². The summed E-state index contributed by atoms with van der Waals surface area (Å²) >= 11 is 0. The molecule has 3 heteroatoms. The Labute approximate surface area is 77.3 Å². The molecule has 2 heterocycles. The van der Waals surface area contributed by atoms with Crippen molar-refractivity contribution in [1.29, 1.82) is 0 Å². The Hall–Kier alpha value is -0.800. The highest BCUT2D eigenvalue weighted by atomic mass is 16.5. The van der Waals surface area contributed by atoms with Gasteiger partial charge >= 0.3 is 0 Å². The molecule has 13 heavy (non-hydrogen) atoms. The zero-order chi connectivity index (χ0) is 9.10. The van der Waals surface area contributed by atoms with Crippen molar-refractivity contribution in [2.24, 2.45) is 0 Å². The summed E-state index contributed by atoms with van der Waals surface area (Å²) in [7, 11) is 0. The molecule has 1 aliphatic rings. The van der Waals surface area contributed by atoms with Gasteiger partial charge in [0, 0.05) is 13.0 Å². The van der Waals surface area contributed by atoms with Crippen LogP contribution in [0, 0.1) is 0 Å². The number of hydrogen-bond acceptors (Lipinski definition) is 3. The Morgan fingerprint density at radius 2 is 2.54 bits per heavy atom. The highest BCUT2D eigenvalue weighted by Gasteiger charge is 2.24. The average Bonchev–Trinajstić information content (AvgIpc) is 2.74. The fraction of sp³-hybridized carbons (Fsp3) is 0.600. The molecule has 1 N–H and O–H groups in total. The monoisotopic (exact) mass is 182 g/mol. The van der Waals surface area contributed by atoms with E-state index < -0.39 is 6.10 Å². The second-order valence-corrected chi connectivity index (χ2v) is 3.40. The summed E-state index contributed by atoms with van der Waals surface area (Å²) in [6, 6.07) is 3.70. The minimum atomic E-state index is -0.423. The smallest absolute Gasteiger partial charge is 0.106 e. The molecule has 72 valence electrons. The van der Waals surface area contributed by atoms with E-state index in [4.69, 9.17) is 9.15 Å². The first kappa shape index (κ1) is 8.78. The van der Waals surface area contributed by atoms with E-state index >= 15 is 0 Å². The summed E-state index contributed by atoms with van der Waals surface area (Å²) in [5, 5.41) is 9.74. The topological polar surface area (TPSA) is 42.6 Å². The predicted octanol–water partition coefficient (Wildman–Crippen LogP) is 1.36. The molecule has 1 aliphatic heterocycles. The Morgan fingerprint density at radius 1 is 1.62 bits per heavy atom. The molecule has 1 aromatic rings. The third-order valence-corrected chi connectivity index (χ3v) is 2.38. The number of ether oxygens (including phenoxy) is 1. The second kappa shape index (κ2) is 3.94. The van der Waals surface area contributed by atoms with Gasteiger partial charge in [0.25, 0.3) is 0 Å². The third-order valence-electron chi connectivity index (χ3n) is 2.38. The van der Waals surface area contributed by atoms with Crippen LogP contribution >= 0.6 is 0 Å². The van der Waals surface area contributed by atoms with Crippen LogP contribution in [-0.2, 0) is 11.2 Å². The SMILES string of the molecule is OC(Cc1ccco1)C1CCCO1. The first-order chi connectivity index (χ1) is 6.36. The summed E-state index contributed by atoms with van der Waals surface area (Å²) in [5.41, 5.74) is 0. The summed E-state index contributed by atoms with van der Waals surface area (Å²) < 4.78 is 10.5. The maximum absolute atomic E-state index is 9.74. The van der Waals surface area contributed by atoms with E-state index in [0.717, 1.165) is 25.2 Å². The minimum absolute atomic E-state index is 0.00472. The molecule has 2 rings (SSSR count). The van der Waals surface area contributed by atoms with Gasteiger partial charge in [0.2, 0.25) is 0 Å². The normalized spacial score (nSPS) is 24.8. The number of rotatable bonds is 3. The van der Waals surface area contributed by atoms with Crippen molar-refractivity contribution in [3.63, 3.8) is 0 Å². The third kappa shape index (κ3) is 2.11. The van der Waals surface area contributed by atoms with Crippen LogP contribution in [0.15, 0.2) is 22.8 Å². The van der Waals surface area contributed by atoms with Gasteiger partial charge in [-0.3, -0.25) is 0 Å². The average molecular weight is 182 g/mol. The predicted molar refractivity (Wildman–Crippen MR) is 47.4 cm³/mol. The van der Waals surface area contributed by atoms with Gasteiger partial charge in [0.1, 0.15) is 5.76 Å². The van der Waals surface area contributed by atoms with Crippen LogP contribution in [0.4, 0.5) is 0 Å². The van der Waals surface area contributed by atoms with Crippen molar-refractivity contribution in [3.8, 4) is 0 Å². The minimum Gasteiger partial charge on any atom is -0.469 e. The highest BCUT2D eigenvalue weighted by molar-refractivity contribution is 5.00. The van der Waals surface area contributed by atoms with E-state index in [0.29, 0.717) is 6.42 Å². The fourth-order valence-electron chi connectivity index (χ4n) is 1.67. The molecule has 1 saturated heterocycles. The van der Waals surface area contributed by atoms with E-state index in [9.17, 15) is 5.11 Å². The van der Waals surface area contributed by atoms with Crippen molar-refractivity contribution >= 4 is 0 Å². The zero-order valence-corrected chi connectivity index (χ0v) is 7.48. The summed E-state index contributed by atoms with van der Waals surface area (Å²) in [4.78, 5) is 0. The van der Waals surface area contributed by atoms with Gasteiger partial charge in [-0.2, -0.15) is 0 Å². The standard InChI is InChI=1S/C10H14O3/c11-9(10-4-2-6-13-10)7-8-3-1-5-12-8/h1,3,5,9-11H,2,4,6-7H2. The molecule has 0 amide bonds. The molecule has 0 radical (unpaired) electrons. The van der Waals surface area contributed by atoms with Gasteiger partial charge < -0.3 is 14.3 Å². The maximum Gasteiger partial charge on any atom is 0.106 e. The largest absolute Gasteiger partial charge is 0.469 e. The molecule has 3 nitrogen and oxygen atoms in total. The van der Waals surface area contributed by atoms with Crippen LogP contribution < -0.4 is 0 Å². The van der Waals surface area contributed by atoms with Crippen molar-refractivity contribution in [3.05, 3.63) is 24.2 Å². The molecule has 0 spiro atoms. The molecular weight excluding hydrogens is 168 g/mol. The Morgan fingerprint density at radius 3 is 3.15 bits per heavy atom. The molecule has 0 aromatic carbocycles. The van der Waals surface area contributed by atoms with Gasteiger partial charge in [-0.1, -0.05) is 0 Å². The number of aliphatic hydroxyl groups excluding tert-OH is 1. The first-order valence-corrected chi connectivity index (χ1v) is 4.68. The summed E-state index contributed by atoms with van der Waals surface area (Å²) in [6.07, 6.45) is 3.77. The second-order valence-electron chi connectivity index (χ2n) is 3.40. The quantitative estimate of drug-likeness (QED) is 0.767. The number of hydrogen-bond donors (Lipinski definition) is 1. The lowest BCUT2D eigenvalue weighted by Crippen LogP contribution is -2.27.